The van der Waals surface area contributed by atoms with E-state index in [1.807, 2.05) is 24.3 Å². The number of rotatable bonds is 15. The molecule has 2 aromatic rings. The van der Waals surface area contributed by atoms with Gasteiger partial charge in [0.05, 0.1) is 6.61 Å². The smallest absolute Gasteiger partial charge is 0.254 e. The van der Waals surface area contributed by atoms with Gasteiger partial charge in [0, 0.05) is 50.6 Å². The molecule has 10 nitrogen and oxygen atoms in total. The Balaban J connectivity index is 1.39. The lowest BCUT2D eigenvalue weighted by atomic mass is 9.92. The molecule has 2 fully saturated rings. The fraction of sp³-hybridized carbons (Fsp3) is 0.553. The molecule has 2 unspecified atom stereocenters. The Hall–Kier alpha value is -3.59. The van der Waals surface area contributed by atoms with Crippen molar-refractivity contribution in [2.45, 2.75) is 89.4 Å². The first kappa shape index (κ1) is 37.2. The molecule has 2 aliphatic heterocycles. The molecule has 0 saturated carbocycles. The highest BCUT2D eigenvalue weighted by Gasteiger charge is 2.46. The van der Waals surface area contributed by atoms with Crippen molar-refractivity contribution in [3.05, 3.63) is 70.8 Å². The number of Topliss-reactive ketones (excluding diaryl/α,β-unsaturated/α-hetero) is 1. The van der Waals surface area contributed by atoms with Gasteiger partial charge < -0.3 is 33.9 Å². The summed E-state index contributed by atoms with van der Waals surface area (Å²) in [4.78, 5) is 40.9. The second-order valence-electron chi connectivity index (χ2n) is 12.3. The number of carbonyl (C=O) groups is 3. The van der Waals surface area contributed by atoms with Crippen LogP contribution in [-0.2, 0) is 33.3 Å². The maximum atomic E-state index is 13.5. The molecule has 2 aromatic carbocycles. The van der Waals surface area contributed by atoms with Crippen LogP contribution in [0.4, 0.5) is 0 Å². The average molecular weight is 663 g/mol. The molecule has 0 bridgehead atoms. The van der Waals surface area contributed by atoms with E-state index in [4.69, 9.17) is 23.7 Å². The van der Waals surface area contributed by atoms with Crippen molar-refractivity contribution in [1.29, 1.82) is 0 Å². The van der Waals surface area contributed by atoms with Gasteiger partial charge in [0.1, 0.15) is 12.7 Å². The van der Waals surface area contributed by atoms with E-state index in [9.17, 15) is 14.4 Å². The van der Waals surface area contributed by atoms with E-state index < -0.39 is 29.4 Å². The van der Waals surface area contributed by atoms with Gasteiger partial charge in [-0.2, -0.15) is 0 Å². The number of nitrogens with one attached hydrogen (secondary N) is 1. The van der Waals surface area contributed by atoms with Gasteiger partial charge in [0.15, 0.2) is 23.9 Å². The molecule has 0 radical (unpaired) electrons. The molecule has 260 valence electrons. The van der Waals surface area contributed by atoms with Gasteiger partial charge in [0.2, 0.25) is 0 Å². The molecule has 2 amide bonds. The Labute approximate surface area is 284 Å². The Morgan fingerprint density at radius 3 is 2.10 bits per heavy atom. The molecule has 0 spiro atoms. The standard InChI is InChI=1S/C38H50N2O8/c1-5-6-23-44-26-32(48-35-12-8-10-25-46-35)30-19-15-28(16-20-30)13-14-29-17-21-31(22-18-29)36(42)40(4)38(2,37(43)39-3)33(41)27-47-34-11-7-9-24-45-34/h15-22,32,34-35H,5-12,23-27H2,1-4H3,(H,39,43)/t32-,34?,35?,38-/m1/s1. The van der Waals surface area contributed by atoms with Gasteiger partial charge in [-0.05, 0) is 93.8 Å². The summed E-state index contributed by atoms with van der Waals surface area (Å²) in [5.74, 6) is 4.70. The second kappa shape index (κ2) is 18.8. The number of hydrogen-bond acceptors (Lipinski definition) is 8. The van der Waals surface area contributed by atoms with Crippen molar-refractivity contribution in [2.24, 2.45) is 0 Å². The lowest BCUT2D eigenvalue weighted by Gasteiger charge is -2.36. The van der Waals surface area contributed by atoms with Crippen LogP contribution in [-0.4, -0.2) is 87.7 Å². The molecular weight excluding hydrogens is 612 g/mol. The van der Waals surface area contributed by atoms with E-state index in [-0.39, 0.29) is 19.0 Å². The lowest BCUT2D eigenvalue weighted by Crippen LogP contribution is -2.62. The van der Waals surface area contributed by atoms with Gasteiger partial charge in [-0.1, -0.05) is 37.3 Å². The Kier molecular flexibility index (Phi) is 14.6. The molecule has 1 N–H and O–H groups in total. The lowest BCUT2D eigenvalue weighted by molar-refractivity contribution is -0.200. The summed E-state index contributed by atoms with van der Waals surface area (Å²) in [5, 5.41) is 2.52. The highest BCUT2D eigenvalue weighted by atomic mass is 16.7. The Bertz CT molecular complexity index is 1390. The number of unbranched alkanes of at least 4 members (excludes halogenated alkanes) is 1. The summed E-state index contributed by atoms with van der Waals surface area (Å²) in [6.45, 7) is 5.66. The van der Waals surface area contributed by atoms with Crippen molar-refractivity contribution >= 4 is 17.6 Å². The number of likely N-dealkylation sites (N-methyl/N-ethyl adjacent to an activating group) is 2. The maximum absolute atomic E-state index is 13.5. The topological polar surface area (TPSA) is 113 Å². The molecule has 10 heteroatoms. The highest BCUT2D eigenvalue weighted by Crippen LogP contribution is 2.25. The van der Waals surface area contributed by atoms with Crippen molar-refractivity contribution in [2.75, 3.05) is 47.1 Å². The molecule has 2 saturated heterocycles. The monoisotopic (exact) mass is 662 g/mol. The number of amides is 2. The minimum absolute atomic E-state index is 0.221. The normalized spacial score (nSPS) is 19.7. The number of ether oxygens (including phenoxy) is 5. The summed E-state index contributed by atoms with van der Waals surface area (Å²) in [5.41, 5.74) is 1.10. The fourth-order valence-corrected chi connectivity index (χ4v) is 5.53. The minimum Gasteiger partial charge on any atom is -0.378 e. The van der Waals surface area contributed by atoms with E-state index in [2.05, 4.69) is 24.1 Å². The van der Waals surface area contributed by atoms with E-state index in [0.717, 1.165) is 67.6 Å². The van der Waals surface area contributed by atoms with Gasteiger partial charge in [-0.3, -0.25) is 14.4 Å². The van der Waals surface area contributed by atoms with Crippen LogP contribution in [0, 0.1) is 11.8 Å². The van der Waals surface area contributed by atoms with E-state index in [1.165, 1.54) is 21.0 Å². The molecule has 0 aromatic heterocycles. The average Bonchev–Trinajstić information content (AvgIpc) is 3.14. The van der Waals surface area contributed by atoms with Crippen LogP contribution in [0.1, 0.15) is 98.4 Å². The number of benzene rings is 2. The summed E-state index contributed by atoms with van der Waals surface area (Å²) in [7, 11) is 2.87. The molecule has 4 atom stereocenters. The molecule has 2 heterocycles. The minimum atomic E-state index is -1.78. The Morgan fingerprint density at radius 2 is 1.54 bits per heavy atom. The Morgan fingerprint density at radius 1 is 0.938 bits per heavy atom. The van der Waals surface area contributed by atoms with Gasteiger partial charge >= 0.3 is 0 Å². The van der Waals surface area contributed by atoms with Crippen molar-refractivity contribution in [3.8, 4) is 11.8 Å². The largest absolute Gasteiger partial charge is 0.378 e. The van der Waals surface area contributed by atoms with Crippen molar-refractivity contribution < 1.29 is 38.1 Å². The number of ketones is 1. The van der Waals surface area contributed by atoms with Crippen molar-refractivity contribution in [3.63, 3.8) is 0 Å². The quantitative estimate of drug-likeness (QED) is 0.158. The van der Waals surface area contributed by atoms with Crippen LogP contribution in [0.3, 0.4) is 0 Å². The predicted octanol–water partition coefficient (Wildman–Crippen LogP) is 5.18. The zero-order chi connectivity index (χ0) is 34.4. The third-order valence-electron chi connectivity index (χ3n) is 8.86. The highest BCUT2D eigenvalue weighted by molar-refractivity contribution is 6.14. The predicted molar refractivity (Wildman–Crippen MR) is 181 cm³/mol. The zero-order valence-corrected chi connectivity index (χ0v) is 28.8. The summed E-state index contributed by atoms with van der Waals surface area (Å²) in [6, 6.07) is 14.7. The summed E-state index contributed by atoms with van der Waals surface area (Å²) >= 11 is 0. The fourth-order valence-electron chi connectivity index (χ4n) is 5.53. The van der Waals surface area contributed by atoms with Crippen molar-refractivity contribution in [1.82, 2.24) is 10.2 Å². The second-order valence-corrected chi connectivity index (χ2v) is 12.3. The van der Waals surface area contributed by atoms with E-state index >= 15 is 0 Å². The summed E-state index contributed by atoms with van der Waals surface area (Å²) < 4.78 is 29.2. The van der Waals surface area contributed by atoms with Crippen LogP contribution >= 0.6 is 0 Å². The number of hydrogen-bond donors (Lipinski definition) is 1. The van der Waals surface area contributed by atoms with Crippen LogP contribution in [0.2, 0.25) is 0 Å². The third kappa shape index (κ3) is 10.2. The SMILES string of the molecule is CCCCOC[C@@H](OC1CCCCO1)c1ccc(C#Cc2ccc(C(=O)N(C)[C@](C)(C(=O)COC3CCCCO3)C(=O)NC)cc2)cc1. The molecular formula is C38H50N2O8. The summed E-state index contributed by atoms with van der Waals surface area (Å²) in [6.07, 6.45) is 6.74. The molecule has 48 heavy (non-hydrogen) atoms. The third-order valence-corrected chi connectivity index (χ3v) is 8.86. The van der Waals surface area contributed by atoms with Gasteiger partial charge in [-0.25, -0.2) is 0 Å². The first-order chi connectivity index (χ1) is 23.3. The van der Waals surface area contributed by atoms with E-state index in [0.29, 0.717) is 37.4 Å². The first-order valence-electron chi connectivity index (χ1n) is 17.1. The number of nitrogens with zero attached hydrogens (tertiary/aromatic N) is 1. The van der Waals surface area contributed by atoms with Crippen LogP contribution < -0.4 is 5.32 Å². The van der Waals surface area contributed by atoms with E-state index in [1.54, 1.807) is 24.3 Å². The van der Waals surface area contributed by atoms with Crippen LogP contribution in [0.5, 0.6) is 0 Å². The van der Waals surface area contributed by atoms with Crippen LogP contribution in [0.15, 0.2) is 48.5 Å². The first-order valence-corrected chi connectivity index (χ1v) is 17.1. The zero-order valence-electron chi connectivity index (χ0n) is 28.8. The molecule has 4 rings (SSSR count). The van der Waals surface area contributed by atoms with Gasteiger partial charge in [-0.15, -0.1) is 0 Å². The van der Waals surface area contributed by atoms with Crippen LogP contribution in [0.25, 0.3) is 0 Å². The number of carbonyl (C=O) groups excluding carboxylic acids is 3. The van der Waals surface area contributed by atoms with Gasteiger partial charge in [0.25, 0.3) is 11.8 Å². The molecule has 2 aliphatic rings. The maximum Gasteiger partial charge on any atom is 0.254 e. The molecule has 0 aliphatic carbocycles.